The number of carbonyl (C=O) groups excluding carboxylic acids is 1. The number of hydrogen-bond donors (Lipinski definition) is 1. The van der Waals surface area contributed by atoms with Crippen molar-refractivity contribution in [1.82, 2.24) is 15.1 Å². The predicted octanol–water partition coefficient (Wildman–Crippen LogP) is -0.987. The highest BCUT2D eigenvalue weighted by Crippen LogP contribution is 1.97. The number of hydrogen-bond acceptors (Lipinski definition) is 5. The Morgan fingerprint density at radius 1 is 1.17 bits per heavy atom. The number of likely N-dealkylation sites (N-methyl/N-ethyl adjacent to an activating group) is 1. The minimum absolute atomic E-state index is 0.0786. The number of nitrogens with zero attached hydrogens (tertiary/aromatic N) is 2. The Hall–Kier alpha value is -0.690. The fraction of sp³-hybridized carbons (Fsp3) is 0.917. The van der Waals surface area contributed by atoms with Gasteiger partial charge in [-0.1, -0.05) is 0 Å². The molecule has 1 saturated heterocycles. The van der Waals surface area contributed by atoms with Crippen LogP contribution in [0.2, 0.25) is 0 Å². The van der Waals surface area contributed by atoms with Crippen LogP contribution in [0.25, 0.3) is 0 Å². The van der Waals surface area contributed by atoms with E-state index in [4.69, 9.17) is 9.47 Å². The van der Waals surface area contributed by atoms with Crippen molar-refractivity contribution in [3.8, 4) is 0 Å². The SMILES string of the molecule is COCCOCCNC(=O)CN1CCN(C)CC1. The molecule has 106 valence electrons. The monoisotopic (exact) mass is 259 g/mol. The Kier molecular flexibility index (Phi) is 7.91. The molecule has 1 N–H and O–H groups in total. The van der Waals surface area contributed by atoms with Crippen molar-refractivity contribution < 1.29 is 14.3 Å². The molecule has 1 aliphatic heterocycles. The van der Waals surface area contributed by atoms with Gasteiger partial charge in [-0.15, -0.1) is 0 Å². The van der Waals surface area contributed by atoms with Crippen LogP contribution >= 0.6 is 0 Å². The van der Waals surface area contributed by atoms with E-state index in [9.17, 15) is 4.79 Å². The van der Waals surface area contributed by atoms with E-state index in [1.54, 1.807) is 7.11 Å². The van der Waals surface area contributed by atoms with Gasteiger partial charge in [0.2, 0.25) is 5.91 Å². The first-order valence-corrected chi connectivity index (χ1v) is 6.46. The summed E-state index contributed by atoms with van der Waals surface area (Å²) in [6, 6.07) is 0. The van der Waals surface area contributed by atoms with Crippen molar-refractivity contribution in [2.24, 2.45) is 0 Å². The first-order chi connectivity index (χ1) is 8.72. The number of piperazine rings is 1. The van der Waals surface area contributed by atoms with E-state index in [1.807, 2.05) is 0 Å². The highest BCUT2D eigenvalue weighted by Gasteiger charge is 2.15. The molecule has 18 heavy (non-hydrogen) atoms. The van der Waals surface area contributed by atoms with Crippen LogP contribution < -0.4 is 5.32 Å². The quantitative estimate of drug-likeness (QED) is 0.568. The van der Waals surface area contributed by atoms with Gasteiger partial charge in [-0.25, -0.2) is 0 Å². The zero-order valence-corrected chi connectivity index (χ0v) is 11.5. The summed E-state index contributed by atoms with van der Waals surface area (Å²) < 4.78 is 10.1. The van der Waals surface area contributed by atoms with E-state index in [0.717, 1.165) is 26.2 Å². The fourth-order valence-electron chi connectivity index (χ4n) is 1.77. The van der Waals surface area contributed by atoms with E-state index >= 15 is 0 Å². The van der Waals surface area contributed by atoms with Gasteiger partial charge in [0.25, 0.3) is 0 Å². The van der Waals surface area contributed by atoms with Gasteiger partial charge < -0.3 is 19.7 Å². The van der Waals surface area contributed by atoms with Crippen molar-refractivity contribution in [1.29, 1.82) is 0 Å². The van der Waals surface area contributed by atoms with Crippen LogP contribution in [0.5, 0.6) is 0 Å². The first kappa shape index (κ1) is 15.4. The van der Waals surface area contributed by atoms with E-state index in [-0.39, 0.29) is 5.91 Å². The second-order valence-corrected chi connectivity index (χ2v) is 4.53. The molecule has 0 bridgehead atoms. The second-order valence-electron chi connectivity index (χ2n) is 4.53. The molecular formula is C12H25N3O3. The number of ether oxygens (including phenoxy) is 2. The Bertz CT molecular complexity index is 231. The third-order valence-electron chi connectivity index (χ3n) is 2.96. The lowest BCUT2D eigenvalue weighted by molar-refractivity contribution is -0.122. The van der Waals surface area contributed by atoms with Crippen molar-refractivity contribution in [3.05, 3.63) is 0 Å². The smallest absolute Gasteiger partial charge is 0.234 e. The van der Waals surface area contributed by atoms with Gasteiger partial charge in [-0.05, 0) is 7.05 Å². The van der Waals surface area contributed by atoms with Gasteiger partial charge in [0, 0.05) is 39.8 Å². The topological polar surface area (TPSA) is 54.0 Å². The summed E-state index contributed by atoms with van der Waals surface area (Å²) in [4.78, 5) is 16.1. The lowest BCUT2D eigenvalue weighted by atomic mass is 10.3. The molecule has 0 aromatic heterocycles. The van der Waals surface area contributed by atoms with Crippen LogP contribution in [-0.2, 0) is 14.3 Å². The summed E-state index contributed by atoms with van der Waals surface area (Å²) in [6.45, 7) is 6.77. The van der Waals surface area contributed by atoms with Gasteiger partial charge in [0.1, 0.15) is 0 Å². The van der Waals surface area contributed by atoms with Crippen LogP contribution in [-0.4, -0.2) is 89.0 Å². The van der Waals surface area contributed by atoms with Gasteiger partial charge in [-0.2, -0.15) is 0 Å². The minimum atomic E-state index is 0.0786. The predicted molar refractivity (Wildman–Crippen MR) is 69.6 cm³/mol. The van der Waals surface area contributed by atoms with E-state index in [2.05, 4.69) is 22.2 Å². The van der Waals surface area contributed by atoms with Gasteiger partial charge in [-0.3, -0.25) is 9.69 Å². The molecule has 0 saturated carbocycles. The van der Waals surface area contributed by atoms with Crippen molar-refractivity contribution in [3.63, 3.8) is 0 Å². The lowest BCUT2D eigenvalue weighted by Crippen LogP contribution is -2.48. The van der Waals surface area contributed by atoms with Crippen molar-refractivity contribution in [2.45, 2.75) is 0 Å². The molecule has 6 heteroatoms. The van der Waals surface area contributed by atoms with Gasteiger partial charge in [0.05, 0.1) is 26.4 Å². The van der Waals surface area contributed by atoms with Crippen LogP contribution in [0.15, 0.2) is 0 Å². The number of rotatable bonds is 8. The van der Waals surface area contributed by atoms with E-state index in [1.165, 1.54) is 0 Å². The Balaban J connectivity index is 1.97. The number of carbonyl (C=O) groups is 1. The molecule has 0 aliphatic carbocycles. The van der Waals surface area contributed by atoms with E-state index < -0.39 is 0 Å². The molecule has 0 aromatic rings. The first-order valence-electron chi connectivity index (χ1n) is 6.46. The Morgan fingerprint density at radius 2 is 1.89 bits per heavy atom. The van der Waals surface area contributed by atoms with Crippen molar-refractivity contribution in [2.75, 3.05) is 73.2 Å². The molecule has 0 spiro atoms. The fourth-order valence-corrected chi connectivity index (χ4v) is 1.77. The Labute approximate surface area is 109 Å². The highest BCUT2D eigenvalue weighted by molar-refractivity contribution is 5.77. The molecule has 0 unspecified atom stereocenters. The average molecular weight is 259 g/mol. The molecule has 0 radical (unpaired) electrons. The summed E-state index contributed by atoms with van der Waals surface area (Å²) in [5, 5.41) is 2.86. The maximum Gasteiger partial charge on any atom is 0.234 e. The normalized spacial score (nSPS) is 17.9. The van der Waals surface area contributed by atoms with Crippen molar-refractivity contribution >= 4 is 5.91 Å². The molecule has 1 aliphatic rings. The second kappa shape index (κ2) is 9.27. The molecule has 6 nitrogen and oxygen atoms in total. The lowest BCUT2D eigenvalue weighted by Gasteiger charge is -2.31. The van der Waals surface area contributed by atoms with Gasteiger partial charge in [0.15, 0.2) is 0 Å². The number of nitrogens with one attached hydrogen (secondary N) is 1. The zero-order chi connectivity index (χ0) is 13.2. The molecule has 1 rings (SSSR count). The molecule has 1 heterocycles. The summed E-state index contributed by atoms with van der Waals surface area (Å²) in [7, 11) is 3.75. The summed E-state index contributed by atoms with van der Waals surface area (Å²) in [5.74, 6) is 0.0786. The molecule has 1 fully saturated rings. The van der Waals surface area contributed by atoms with Crippen LogP contribution in [0.4, 0.5) is 0 Å². The summed E-state index contributed by atoms with van der Waals surface area (Å²) >= 11 is 0. The molecule has 0 atom stereocenters. The molecule has 1 amide bonds. The maximum atomic E-state index is 11.6. The summed E-state index contributed by atoms with van der Waals surface area (Å²) in [6.07, 6.45) is 0. The third kappa shape index (κ3) is 6.90. The highest BCUT2D eigenvalue weighted by atomic mass is 16.5. The minimum Gasteiger partial charge on any atom is -0.382 e. The largest absolute Gasteiger partial charge is 0.382 e. The van der Waals surface area contributed by atoms with Gasteiger partial charge >= 0.3 is 0 Å². The molecule has 0 aromatic carbocycles. The average Bonchev–Trinajstić information content (AvgIpc) is 2.36. The third-order valence-corrected chi connectivity index (χ3v) is 2.96. The molecular weight excluding hydrogens is 234 g/mol. The van der Waals surface area contributed by atoms with Crippen LogP contribution in [0, 0.1) is 0 Å². The standard InChI is InChI=1S/C12H25N3O3/c1-14-4-6-15(7-5-14)11-12(16)13-3-8-18-10-9-17-2/h3-11H2,1-2H3,(H,13,16). The Morgan fingerprint density at radius 3 is 2.56 bits per heavy atom. The van der Waals surface area contributed by atoms with E-state index in [0.29, 0.717) is 32.9 Å². The number of methoxy groups -OCH3 is 1. The zero-order valence-electron chi connectivity index (χ0n) is 11.5. The van der Waals surface area contributed by atoms with Crippen LogP contribution in [0.3, 0.4) is 0 Å². The van der Waals surface area contributed by atoms with Crippen LogP contribution in [0.1, 0.15) is 0 Å². The number of amides is 1. The summed E-state index contributed by atoms with van der Waals surface area (Å²) in [5.41, 5.74) is 0. The maximum absolute atomic E-state index is 11.6.